The lowest BCUT2D eigenvalue weighted by Crippen LogP contribution is -2.39. The average Bonchev–Trinajstić information content (AvgIpc) is 2.82. The van der Waals surface area contributed by atoms with E-state index in [-0.39, 0.29) is 5.60 Å². The molecule has 0 heterocycles. The zero-order chi connectivity index (χ0) is 13.2. The van der Waals surface area contributed by atoms with Crippen molar-refractivity contribution in [3.8, 4) is 0 Å². The van der Waals surface area contributed by atoms with E-state index >= 15 is 0 Å². The zero-order valence-electron chi connectivity index (χ0n) is 12.7. The number of aliphatic hydroxyl groups is 1. The van der Waals surface area contributed by atoms with Crippen LogP contribution in [0.4, 0.5) is 0 Å². The minimum atomic E-state index is -0.310. The van der Waals surface area contributed by atoms with Gasteiger partial charge in [-0.15, -0.1) is 0 Å². The molecule has 2 aliphatic rings. The Kier molecular flexibility index (Phi) is 4.41. The summed E-state index contributed by atoms with van der Waals surface area (Å²) in [7, 11) is 0. The standard InChI is InChI=1S/C17H32O/c1-4-16(2,3)15-9-11-17(18,12-10-15)13-14-7-5-6-8-14/h14-15,18H,4-13H2,1-3H3. The van der Waals surface area contributed by atoms with Crippen LogP contribution in [0.3, 0.4) is 0 Å². The van der Waals surface area contributed by atoms with Crippen LogP contribution in [0.15, 0.2) is 0 Å². The Morgan fingerprint density at radius 1 is 1.06 bits per heavy atom. The summed E-state index contributed by atoms with van der Waals surface area (Å²) in [6.45, 7) is 7.11. The Morgan fingerprint density at radius 3 is 2.11 bits per heavy atom. The van der Waals surface area contributed by atoms with Crippen molar-refractivity contribution in [1.29, 1.82) is 0 Å². The van der Waals surface area contributed by atoms with Crippen molar-refractivity contribution >= 4 is 0 Å². The first-order valence-corrected chi connectivity index (χ1v) is 8.17. The van der Waals surface area contributed by atoms with Crippen LogP contribution < -0.4 is 0 Å². The fraction of sp³-hybridized carbons (Fsp3) is 1.00. The van der Waals surface area contributed by atoms with Gasteiger partial charge in [0.2, 0.25) is 0 Å². The second kappa shape index (κ2) is 5.53. The van der Waals surface area contributed by atoms with Gasteiger partial charge in [-0.05, 0) is 49.4 Å². The van der Waals surface area contributed by atoms with Crippen molar-refractivity contribution in [3.05, 3.63) is 0 Å². The summed E-state index contributed by atoms with van der Waals surface area (Å²) in [5, 5.41) is 10.8. The summed E-state index contributed by atoms with van der Waals surface area (Å²) in [6.07, 6.45) is 12.5. The minimum Gasteiger partial charge on any atom is -0.390 e. The van der Waals surface area contributed by atoms with E-state index < -0.39 is 0 Å². The molecule has 1 heteroatoms. The molecule has 0 aromatic carbocycles. The van der Waals surface area contributed by atoms with E-state index in [0.29, 0.717) is 5.41 Å². The number of hydrogen-bond donors (Lipinski definition) is 1. The molecule has 0 saturated heterocycles. The molecule has 1 N–H and O–H groups in total. The smallest absolute Gasteiger partial charge is 0.0650 e. The number of hydrogen-bond acceptors (Lipinski definition) is 1. The SMILES string of the molecule is CCC(C)(C)C1CCC(O)(CC2CCCC2)CC1. The predicted molar refractivity (Wildman–Crippen MR) is 77.6 cm³/mol. The maximum atomic E-state index is 10.8. The van der Waals surface area contributed by atoms with Gasteiger partial charge in [0.15, 0.2) is 0 Å². The topological polar surface area (TPSA) is 20.2 Å². The first-order valence-electron chi connectivity index (χ1n) is 8.17. The van der Waals surface area contributed by atoms with Crippen molar-refractivity contribution < 1.29 is 5.11 Å². The minimum absolute atomic E-state index is 0.310. The van der Waals surface area contributed by atoms with E-state index in [9.17, 15) is 5.11 Å². The first-order chi connectivity index (χ1) is 8.45. The summed E-state index contributed by atoms with van der Waals surface area (Å²) in [6, 6.07) is 0. The van der Waals surface area contributed by atoms with E-state index in [0.717, 1.165) is 31.1 Å². The van der Waals surface area contributed by atoms with Crippen molar-refractivity contribution in [3.63, 3.8) is 0 Å². The molecule has 0 aliphatic heterocycles. The highest BCUT2D eigenvalue weighted by Crippen LogP contribution is 2.46. The van der Waals surface area contributed by atoms with Crippen molar-refractivity contribution in [2.75, 3.05) is 0 Å². The van der Waals surface area contributed by atoms with E-state index in [1.165, 1.54) is 44.9 Å². The molecule has 0 spiro atoms. The molecule has 0 aromatic heterocycles. The quantitative estimate of drug-likeness (QED) is 0.752. The summed E-state index contributed by atoms with van der Waals surface area (Å²) >= 11 is 0. The fourth-order valence-electron chi connectivity index (χ4n) is 4.18. The third-order valence-electron chi connectivity index (χ3n) is 6.08. The lowest BCUT2D eigenvalue weighted by Gasteiger charge is -2.43. The van der Waals surface area contributed by atoms with Gasteiger partial charge < -0.3 is 5.11 Å². The van der Waals surface area contributed by atoms with Gasteiger partial charge >= 0.3 is 0 Å². The van der Waals surface area contributed by atoms with Crippen LogP contribution in [-0.2, 0) is 0 Å². The van der Waals surface area contributed by atoms with Gasteiger partial charge in [-0.1, -0.05) is 52.9 Å². The van der Waals surface area contributed by atoms with E-state index in [1.54, 1.807) is 0 Å². The Bertz CT molecular complexity index is 255. The molecule has 18 heavy (non-hydrogen) atoms. The van der Waals surface area contributed by atoms with Gasteiger partial charge in [-0.3, -0.25) is 0 Å². The molecule has 0 aromatic rings. The van der Waals surface area contributed by atoms with Gasteiger partial charge in [0, 0.05) is 0 Å². The van der Waals surface area contributed by atoms with Crippen LogP contribution >= 0.6 is 0 Å². The third kappa shape index (κ3) is 3.29. The second-order valence-corrected chi connectivity index (χ2v) is 7.70. The molecule has 2 fully saturated rings. The van der Waals surface area contributed by atoms with Gasteiger partial charge in [0.05, 0.1) is 5.60 Å². The molecule has 2 aliphatic carbocycles. The van der Waals surface area contributed by atoms with Crippen LogP contribution in [0.5, 0.6) is 0 Å². The number of rotatable bonds is 4. The third-order valence-corrected chi connectivity index (χ3v) is 6.08. The second-order valence-electron chi connectivity index (χ2n) is 7.70. The molecule has 1 nitrogen and oxygen atoms in total. The molecule has 0 bridgehead atoms. The summed E-state index contributed by atoms with van der Waals surface area (Å²) < 4.78 is 0. The molecular formula is C17H32O. The highest BCUT2D eigenvalue weighted by Gasteiger charge is 2.39. The molecule has 2 rings (SSSR count). The van der Waals surface area contributed by atoms with Gasteiger partial charge in [0.25, 0.3) is 0 Å². The molecule has 2 saturated carbocycles. The van der Waals surface area contributed by atoms with Crippen LogP contribution in [0, 0.1) is 17.3 Å². The van der Waals surface area contributed by atoms with Gasteiger partial charge in [-0.2, -0.15) is 0 Å². The summed E-state index contributed by atoms with van der Waals surface area (Å²) in [4.78, 5) is 0. The van der Waals surface area contributed by atoms with Crippen LogP contribution in [-0.4, -0.2) is 10.7 Å². The van der Waals surface area contributed by atoms with Crippen molar-refractivity contribution in [2.45, 2.75) is 90.6 Å². The zero-order valence-corrected chi connectivity index (χ0v) is 12.7. The highest BCUT2D eigenvalue weighted by atomic mass is 16.3. The van der Waals surface area contributed by atoms with Crippen molar-refractivity contribution in [1.82, 2.24) is 0 Å². The molecule has 0 radical (unpaired) electrons. The molecule has 0 amide bonds. The largest absolute Gasteiger partial charge is 0.390 e. The Labute approximate surface area is 113 Å². The summed E-state index contributed by atoms with van der Waals surface area (Å²) in [5.41, 5.74) is 0.157. The molecular weight excluding hydrogens is 220 g/mol. The summed E-state index contributed by atoms with van der Waals surface area (Å²) in [5.74, 6) is 1.65. The normalized spacial score (nSPS) is 35.0. The first kappa shape index (κ1) is 14.4. The van der Waals surface area contributed by atoms with E-state index in [4.69, 9.17) is 0 Å². The lowest BCUT2D eigenvalue weighted by molar-refractivity contribution is -0.0443. The van der Waals surface area contributed by atoms with Gasteiger partial charge in [0.1, 0.15) is 0 Å². The molecule has 0 unspecified atom stereocenters. The maximum absolute atomic E-state index is 10.8. The van der Waals surface area contributed by atoms with Crippen LogP contribution in [0.2, 0.25) is 0 Å². The Morgan fingerprint density at radius 2 is 1.61 bits per heavy atom. The monoisotopic (exact) mass is 252 g/mol. The lowest BCUT2D eigenvalue weighted by atomic mass is 9.65. The van der Waals surface area contributed by atoms with E-state index in [1.807, 2.05) is 0 Å². The van der Waals surface area contributed by atoms with E-state index in [2.05, 4.69) is 20.8 Å². The van der Waals surface area contributed by atoms with Gasteiger partial charge in [-0.25, -0.2) is 0 Å². The fourth-order valence-corrected chi connectivity index (χ4v) is 4.18. The predicted octanol–water partition coefficient (Wildman–Crippen LogP) is 4.92. The highest BCUT2D eigenvalue weighted by molar-refractivity contribution is 4.91. The molecule has 0 atom stereocenters. The van der Waals surface area contributed by atoms with Crippen LogP contribution in [0.25, 0.3) is 0 Å². The molecule has 106 valence electrons. The maximum Gasteiger partial charge on any atom is 0.0650 e. The Balaban J connectivity index is 1.84. The van der Waals surface area contributed by atoms with Crippen molar-refractivity contribution in [2.24, 2.45) is 17.3 Å². The van der Waals surface area contributed by atoms with Crippen LogP contribution in [0.1, 0.15) is 85.0 Å². The average molecular weight is 252 g/mol. The Hall–Kier alpha value is -0.0400.